The molecule has 1 unspecified atom stereocenters. The van der Waals surface area contributed by atoms with Gasteiger partial charge in [0, 0.05) is 11.4 Å². The lowest BCUT2D eigenvalue weighted by atomic mass is 10.0. The summed E-state index contributed by atoms with van der Waals surface area (Å²) in [6.45, 7) is 3.73. The molecule has 0 amide bonds. The van der Waals surface area contributed by atoms with Gasteiger partial charge in [0.25, 0.3) is 0 Å². The van der Waals surface area contributed by atoms with E-state index in [1.165, 1.54) is 5.56 Å². The number of rotatable bonds is 2. The van der Waals surface area contributed by atoms with E-state index in [-0.39, 0.29) is 0 Å². The Morgan fingerprint density at radius 2 is 2.43 bits per heavy atom. The van der Waals surface area contributed by atoms with Crippen LogP contribution in [0.2, 0.25) is 0 Å². The van der Waals surface area contributed by atoms with Gasteiger partial charge < -0.3 is 10.1 Å². The Morgan fingerprint density at radius 1 is 1.57 bits per heavy atom. The standard InChI is InChI=1S/C11H14BrNO/c1-2-14-10-5-3-4-8-9(12)6-7-13-11(8)10/h3-5,9,13H,2,6-7H2,1H3. The Bertz CT molecular complexity index is 327. The number of benzene rings is 1. The molecule has 1 aliphatic heterocycles. The summed E-state index contributed by atoms with van der Waals surface area (Å²) in [4.78, 5) is 0.458. The molecule has 0 saturated heterocycles. The minimum absolute atomic E-state index is 0.458. The van der Waals surface area contributed by atoms with Crippen molar-refractivity contribution in [3.63, 3.8) is 0 Å². The molecule has 1 aliphatic rings. The average molecular weight is 256 g/mol. The average Bonchev–Trinajstić information content (AvgIpc) is 2.20. The second-order valence-corrected chi connectivity index (χ2v) is 4.44. The summed E-state index contributed by atoms with van der Waals surface area (Å²) in [6, 6.07) is 6.20. The van der Waals surface area contributed by atoms with Crippen LogP contribution in [0.15, 0.2) is 18.2 Å². The summed E-state index contributed by atoms with van der Waals surface area (Å²) in [6.07, 6.45) is 1.13. The van der Waals surface area contributed by atoms with Crippen molar-refractivity contribution in [2.45, 2.75) is 18.2 Å². The Labute approximate surface area is 92.8 Å². The van der Waals surface area contributed by atoms with Gasteiger partial charge in [-0.05, 0) is 25.0 Å². The van der Waals surface area contributed by atoms with Crippen molar-refractivity contribution in [2.24, 2.45) is 0 Å². The van der Waals surface area contributed by atoms with Crippen LogP contribution < -0.4 is 10.1 Å². The molecule has 1 aromatic carbocycles. The molecular weight excluding hydrogens is 242 g/mol. The molecule has 1 heterocycles. The summed E-state index contributed by atoms with van der Waals surface area (Å²) in [7, 11) is 0. The minimum Gasteiger partial charge on any atom is -0.492 e. The molecule has 1 atom stereocenters. The third-order valence-electron chi connectivity index (χ3n) is 2.40. The van der Waals surface area contributed by atoms with Crippen LogP contribution in [0.4, 0.5) is 5.69 Å². The van der Waals surface area contributed by atoms with Crippen LogP contribution in [0.1, 0.15) is 23.7 Å². The van der Waals surface area contributed by atoms with E-state index in [1.807, 2.05) is 19.1 Å². The predicted octanol–water partition coefficient (Wildman–Crippen LogP) is 3.34. The molecule has 0 spiro atoms. The van der Waals surface area contributed by atoms with Gasteiger partial charge in [0.2, 0.25) is 0 Å². The molecule has 2 rings (SSSR count). The van der Waals surface area contributed by atoms with E-state index in [9.17, 15) is 0 Å². The fourth-order valence-electron chi connectivity index (χ4n) is 1.75. The van der Waals surface area contributed by atoms with Crippen LogP contribution >= 0.6 is 15.9 Å². The number of nitrogens with one attached hydrogen (secondary N) is 1. The van der Waals surface area contributed by atoms with Crippen molar-refractivity contribution in [1.82, 2.24) is 0 Å². The van der Waals surface area contributed by atoms with Crippen molar-refractivity contribution in [1.29, 1.82) is 0 Å². The highest BCUT2D eigenvalue weighted by atomic mass is 79.9. The molecule has 0 saturated carbocycles. The van der Waals surface area contributed by atoms with Crippen molar-refractivity contribution in [3.8, 4) is 5.75 Å². The lowest BCUT2D eigenvalue weighted by Gasteiger charge is -2.24. The van der Waals surface area contributed by atoms with Gasteiger partial charge in [-0.15, -0.1) is 0 Å². The van der Waals surface area contributed by atoms with Crippen molar-refractivity contribution in [2.75, 3.05) is 18.5 Å². The highest BCUT2D eigenvalue weighted by Gasteiger charge is 2.19. The maximum atomic E-state index is 5.57. The number of halogens is 1. The van der Waals surface area contributed by atoms with E-state index < -0.39 is 0 Å². The lowest BCUT2D eigenvalue weighted by Crippen LogP contribution is -2.14. The zero-order valence-corrected chi connectivity index (χ0v) is 9.80. The van der Waals surface area contributed by atoms with E-state index in [4.69, 9.17) is 4.74 Å². The van der Waals surface area contributed by atoms with E-state index >= 15 is 0 Å². The zero-order chi connectivity index (χ0) is 9.97. The first-order valence-corrected chi connectivity index (χ1v) is 5.88. The maximum absolute atomic E-state index is 5.57. The number of fused-ring (bicyclic) bond motifs is 1. The summed E-state index contributed by atoms with van der Waals surface area (Å²) in [5.74, 6) is 0.967. The van der Waals surface area contributed by atoms with E-state index in [2.05, 4.69) is 27.3 Å². The zero-order valence-electron chi connectivity index (χ0n) is 8.22. The molecular formula is C11H14BrNO. The third kappa shape index (κ3) is 1.73. The smallest absolute Gasteiger partial charge is 0.142 e. The van der Waals surface area contributed by atoms with Gasteiger partial charge in [-0.1, -0.05) is 28.1 Å². The summed E-state index contributed by atoms with van der Waals surface area (Å²) in [5.41, 5.74) is 2.46. The van der Waals surface area contributed by atoms with Gasteiger partial charge in [0.15, 0.2) is 0 Å². The highest BCUT2D eigenvalue weighted by molar-refractivity contribution is 9.09. The third-order valence-corrected chi connectivity index (χ3v) is 3.35. The van der Waals surface area contributed by atoms with Gasteiger partial charge in [0.05, 0.1) is 12.3 Å². The first kappa shape index (κ1) is 9.84. The molecule has 2 nitrogen and oxygen atoms in total. The number of ether oxygens (including phenoxy) is 1. The number of para-hydroxylation sites is 1. The van der Waals surface area contributed by atoms with E-state index in [1.54, 1.807) is 0 Å². The normalized spacial score (nSPS) is 19.7. The summed E-state index contributed by atoms with van der Waals surface area (Å²) < 4.78 is 5.57. The van der Waals surface area contributed by atoms with Crippen LogP contribution in [0.3, 0.4) is 0 Å². The number of hydrogen-bond acceptors (Lipinski definition) is 2. The highest BCUT2D eigenvalue weighted by Crippen LogP contribution is 2.40. The van der Waals surface area contributed by atoms with Crippen molar-refractivity contribution >= 4 is 21.6 Å². The second kappa shape index (κ2) is 4.22. The molecule has 76 valence electrons. The quantitative estimate of drug-likeness (QED) is 0.819. The Hall–Kier alpha value is -0.700. The fraction of sp³-hybridized carbons (Fsp3) is 0.455. The van der Waals surface area contributed by atoms with Crippen LogP contribution in [-0.2, 0) is 0 Å². The van der Waals surface area contributed by atoms with Gasteiger partial charge in [-0.25, -0.2) is 0 Å². The molecule has 0 aromatic heterocycles. The van der Waals surface area contributed by atoms with Crippen LogP contribution in [-0.4, -0.2) is 13.2 Å². The van der Waals surface area contributed by atoms with E-state index in [0.29, 0.717) is 11.4 Å². The van der Waals surface area contributed by atoms with Gasteiger partial charge in [0.1, 0.15) is 5.75 Å². The monoisotopic (exact) mass is 255 g/mol. The molecule has 0 bridgehead atoms. The van der Waals surface area contributed by atoms with Crippen molar-refractivity contribution < 1.29 is 4.74 Å². The molecule has 1 N–H and O–H groups in total. The lowest BCUT2D eigenvalue weighted by molar-refractivity contribution is 0.341. The fourth-order valence-corrected chi connectivity index (χ4v) is 2.36. The van der Waals surface area contributed by atoms with Crippen LogP contribution in [0, 0.1) is 0 Å². The topological polar surface area (TPSA) is 21.3 Å². The Balaban J connectivity index is 2.39. The first-order chi connectivity index (χ1) is 6.83. The van der Waals surface area contributed by atoms with Crippen LogP contribution in [0.5, 0.6) is 5.75 Å². The van der Waals surface area contributed by atoms with E-state index in [0.717, 1.165) is 24.4 Å². The number of hydrogen-bond donors (Lipinski definition) is 1. The second-order valence-electron chi connectivity index (χ2n) is 3.34. The molecule has 0 fully saturated rings. The number of anilines is 1. The van der Waals surface area contributed by atoms with Gasteiger partial charge >= 0.3 is 0 Å². The largest absolute Gasteiger partial charge is 0.492 e. The molecule has 3 heteroatoms. The molecule has 1 aromatic rings. The van der Waals surface area contributed by atoms with Crippen molar-refractivity contribution in [3.05, 3.63) is 23.8 Å². The molecule has 14 heavy (non-hydrogen) atoms. The Kier molecular flexibility index (Phi) is 2.96. The van der Waals surface area contributed by atoms with Gasteiger partial charge in [-0.2, -0.15) is 0 Å². The maximum Gasteiger partial charge on any atom is 0.142 e. The minimum atomic E-state index is 0.458. The molecule has 0 radical (unpaired) electrons. The number of alkyl halides is 1. The predicted molar refractivity (Wildman–Crippen MR) is 62.4 cm³/mol. The summed E-state index contributed by atoms with van der Waals surface area (Å²) >= 11 is 3.68. The summed E-state index contributed by atoms with van der Waals surface area (Å²) in [5, 5.41) is 3.39. The SMILES string of the molecule is CCOc1cccc2c1NCCC2Br. The Morgan fingerprint density at radius 3 is 3.21 bits per heavy atom. The first-order valence-electron chi connectivity index (χ1n) is 4.96. The van der Waals surface area contributed by atoms with Gasteiger partial charge in [-0.3, -0.25) is 0 Å². The van der Waals surface area contributed by atoms with Crippen LogP contribution in [0.25, 0.3) is 0 Å². The molecule has 0 aliphatic carbocycles.